The Balaban J connectivity index is 2.35. The average molecular weight is 370 g/mol. The Labute approximate surface area is 147 Å². The highest BCUT2D eigenvalue weighted by Crippen LogP contribution is 2.34. The van der Waals surface area contributed by atoms with Crippen LogP contribution in [0.5, 0.6) is 0 Å². The van der Waals surface area contributed by atoms with E-state index in [1.807, 2.05) is 0 Å². The summed E-state index contributed by atoms with van der Waals surface area (Å²) in [6, 6.07) is 11.6. The van der Waals surface area contributed by atoms with Gasteiger partial charge in [0.25, 0.3) is 0 Å². The van der Waals surface area contributed by atoms with Crippen molar-refractivity contribution in [1.82, 2.24) is 0 Å². The standard InChI is InChI=1S/C17H15ClF3N3O/c1-11(25)16(24(2)13-7-5-6-12(18)10-13)23-22-15-9-4-3-8-14(15)17(19,20)21/h3-10,22H,1-2H3. The minimum Gasteiger partial charge on any atom is -0.325 e. The number of anilines is 2. The molecule has 0 spiro atoms. The molecule has 0 atom stereocenters. The third-order valence-corrected chi connectivity index (χ3v) is 3.58. The fourth-order valence-electron chi connectivity index (χ4n) is 2.14. The number of carbonyl (C=O) groups is 1. The van der Waals surface area contributed by atoms with Gasteiger partial charge in [0.05, 0.1) is 11.3 Å². The molecule has 0 unspecified atom stereocenters. The summed E-state index contributed by atoms with van der Waals surface area (Å²) in [6.45, 7) is 1.28. The summed E-state index contributed by atoms with van der Waals surface area (Å²) in [5, 5.41) is 4.33. The number of likely N-dealkylation sites (N-methyl/N-ethyl adjacent to an activating group) is 1. The number of rotatable bonds is 4. The number of benzene rings is 2. The van der Waals surface area contributed by atoms with Crippen LogP contribution in [0.25, 0.3) is 0 Å². The number of amidine groups is 1. The van der Waals surface area contributed by atoms with E-state index in [1.165, 1.54) is 30.0 Å². The lowest BCUT2D eigenvalue weighted by molar-refractivity contribution is -0.137. The molecule has 0 aliphatic heterocycles. The van der Waals surface area contributed by atoms with Gasteiger partial charge in [-0.05, 0) is 30.3 Å². The maximum Gasteiger partial charge on any atom is 0.418 e. The summed E-state index contributed by atoms with van der Waals surface area (Å²) < 4.78 is 39.1. The zero-order valence-corrected chi connectivity index (χ0v) is 14.2. The Kier molecular flexibility index (Phi) is 5.69. The van der Waals surface area contributed by atoms with E-state index in [0.29, 0.717) is 10.7 Å². The number of ketones is 1. The molecule has 4 nitrogen and oxygen atoms in total. The van der Waals surface area contributed by atoms with E-state index >= 15 is 0 Å². The summed E-state index contributed by atoms with van der Waals surface area (Å²) in [6.07, 6.45) is -4.53. The van der Waals surface area contributed by atoms with Crippen molar-refractivity contribution in [2.45, 2.75) is 13.1 Å². The number of carbonyl (C=O) groups excluding carboxylic acids is 1. The average Bonchev–Trinajstić information content (AvgIpc) is 2.54. The van der Waals surface area contributed by atoms with Crippen molar-refractivity contribution in [3.63, 3.8) is 0 Å². The fraction of sp³-hybridized carbons (Fsp3) is 0.176. The van der Waals surface area contributed by atoms with E-state index < -0.39 is 17.5 Å². The highest BCUT2D eigenvalue weighted by molar-refractivity contribution is 6.43. The molecule has 0 saturated heterocycles. The van der Waals surface area contributed by atoms with Crippen LogP contribution in [0, 0.1) is 0 Å². The summed E-state index contributed by atoms with van der Waals surface area (Å²) >= 11 is 5.93. The van der Waals surface area contributed by atoms with Gasteiger partial charge in [-0.15, -0.1) is 0 Å². The van der Waals surface area contributed by atoms with Gasteiger partial charge in [0.2, 0.25) is 0 Å². The van der Waals surface area contributed by atoms with E-state index in [-0.39, 0.29) is 11.5 Å². The molecule has 1 N–H and O–H groups in total. The first-order valence-corrected chi connectivity index (χ1v) is 7.58. The number of alkyl halides is 3. The van der Waals surface area contributed by atoms with Crippen molar-refractivity contribution < 1.29 is 18.0 Å². The van der Waals surface area contributed by atoms with Crippen LogP contribution in [0.4, 0.5) is 24.5 Å². The number of halogens is 4. The molecular weight excluding hydrogens is 355 g/mol. The molecule has 0 amide bonds. The Hall–Kier alpha value is -2.54. The third kappa shape index (κ3) is 4.73. The van der Waals surface area contributed by atoms with Crippen LogP contribution >= 0.6 is 11.6 Å². The smallest absolute Gasteiger partial charge is 0.325 e. The van der Waals surface area contributed by atoms with Crippen LogP contribution in [0.15, 0.2) is 53.6 Å². The third-order valence-electron chi connectivity index (χ3n) is 3.34. The second-order valence-corrected chi connectivity index (χ2v) is 5.62. The lowest BCUT2D eigenvalue weighted by Crippen LogP contribution is -2.33. The van der Waals surface area contributed by atoms with Crippen LogP contribution in [-0.2, 0) is 11.0 Å². The number of hydrazone groups is 1. The lowest BCUT2D eigenvalue weighted by Gasteiger charge is -2.20. The number of nitrogens with zero attached hydrogens (tertiary/aromatic N) is 2. The number of para-hydroxylation sites is 1. The zero-order valence-electron chi connectivity index (χ0n) is 13.4. The molecule has 0 fully saturated rings. The number of Topliss-reactive ketones (excluding diaryl/α,β-unsaturated/α-hetero) is 1. The lowest BCUT2D eigenvalue weighted by atomic mass is 10.2. The quantitative estimate of drug-likeness (QED) is 0.478. The second-order valence-electron chi connectivity index (χ2n) is 5.19. The second kappa shape index (κ2) is 7.57. The highest BCUT2D eigenvalue weighted by atomic mass is 35.5. The molecule has 2 rings (SSSR count). The van der Waals surface area contributed by atoms with Gasteiger partial charge in [0, 0.05) is 24.7 Å². The van der Waals surface area contributed by atoms with Gasteiger partial charge in [-0.1, -0.05) is 29.8 Å². The van der Waals surface area contributed by atoms with Gasteiger partial charge in [0.1, 0.15) is 0 Å². The number of nitrogens with one attached hydrogen (secondary N) is 1. The van der Waals surface area contributed by atoms with Crippen molar-refractivity contribution in [1.29, 1.82) is 0 Å². The maximum atomic E-state index is 13.0. The Morgan fingerprint density at radius 2 is 1.84 bits per heavy atom. The molecule has 8 heteroatoms. The first kappa shape index (κ1) is 18.8. The molecule has 0 saturated carbocycles. The summed E-state index contributed by atoms with van der Waals surface area (Å²) in [4.78, 5) is 13.3. The van der Waals surface area contributed by atoms with E-state index in [0.717, 1.165) is 6.07 Å². The predicted octanol–water partition coefficient (Wildman–Crippen LogP) is 4.81. The number of hydrogen-bond donors (Lipinski definition) is 1. The molecule has 0 aliphatic rings. The Bertz CT molecular complexity index is 806. The highest BCUT2D eigenvalue weighted by Gasteiger charge is 2.33. The van der Waals surface area contributed by atoms with Crippen molar-refractivity contribution >= 4 is 34.6 Å². The largest absolute Gasteiger partial charge is 0.418 e. The molecule has 0 heterocycles. The number of hydrogen-bond acceptors (Lipinski definition) is 3. The first-order chi connectivity index (χ1) is 11.7. The van der Waals surface area contributed by atoms with E-state index in [2.05, 4.69) is 10.5 Å². The van der Waals surface area contributed by atoms with Crippen molar-refractivity contribution in [3.05, 3.63) is 59.1 Å². The minimum atomic E-state index is -4.53. The Morgan fingerprint density at radius 1 is 1.16 bits per heavy atom. The Morgan fingerprint density at radius 3 is 2.44 bits per heavy atom. The molecule has 0 radical (unpaired) electrons. The van der Waals surface area contributed by atoms with Crippen molar-refractivity contribution in [3.8, 4) is 0 Å². The minimum absolute atomic E-state index is 0.0563. The zero-order chi connectivity index (χ0) is 18.6. The predicted molar refractivity (Wildman–Crippen MR) is 93.0 cm³/mol. The molecule has 2 aromatic rings. The SMILES string of the molecule is CC(=O)C(=NNc1ccccc1C(F)(F)F)N(C)c1cccc(Cl)c1. The van der Waals surface area contributed by atoms with E-state index in [4.69, 9.17) is 11.6 Å². The van der Waals surface area contributed by atoms with Gasteiger partial charge in [-0.3, -0.25) is 10.2 Å². The topological polar surface area (TPSA) is 44.7 Å². The van der Waals surface area contributed by atoms with E-state index in [9.17, 15) is 18.0 Å². The van der Waals surface area contributed by atoms with Crippen LogP contribution in [0.3, 0.4) is 0 Å². The van der Waals surface area contributed by atoms with Gasteiger partial charge < -0.3 is 4.90 Å². The van der Waals surface area contributed by atoms with Crippen molar-refractivity contribution in [2.75, 3.05) is 17.4 Å². The molecule has 132 valence electrons. The summed E-state index contributed by atoms with van der Waals surface area (Å²) in [7, 11) is 1.57. The van der Waals surface area contributed by atoms with Crippen LogP contribution in [-0.4, -0.2) is 18.7 Å². The summed E-state index contributed by atoms with van der Waals surface area (Å²) in [5.41, 5.74) is 1.80. The maximum absolute atomic E-state index is 13.0. The monoisotopic (exact) mass is 369 g/mol. The molecule has 0 aromatic heterocycles. The van der Waals surface area contributed by atoms with E-state index in [1.54, 1.807) is 31.3 Å². The van der Waals surface area contributed by atoms with Gasteiger partial charge >= 0.3 is 6.18 Å². The van der Waals surface area contributed by atoms with Crippen LogP contribution < -0.4 is 10.3 Å². The molecule has 0 bridgehead atoms. The van der Waals surface area contributed by atoms with Gasteiger partial charge in [-0.2, -0.15) is 18.3 Å². The molecule has 2 aromatic carbocycles. The van der Waals surface area contributed by atoms with Gasteiger partial charge in [0.15, 0.2) is 11.6 Å². The molecular formula is C17H15ClF3N3O. The normalized spacial score (nSPS) is 12.0. The van der Waals surface area contributed by atoms with Crippen LogP contribution in [0.2, 0.25) is 5.02 Å². The summed E-state index contributed by atoms with van der Waals surface area (Å²) in [5.74, 6) is -0.473. The molecule has 0 aliphatic carbocycles. The van der Waals surface area contributed by atoms with Crippen LogP contribution in [0.1, 0.15) is 12.5 Å². The fourth-order valence-corrected chi connectivity index (χ4v) is 2.32. The molecule has 25 heavy (non-hydrogen) atoms. The van der Waals surface area contributed by atoms with Crippen molar-refractivity contribution in [2.24, 2.45) is 5.10 Å². The first-order valence-electron chi connectivity index (χ1n) is 7.20. The van der Waals surface area contributed by atoms with Gasteiger partial charge in [-0.25, -0.2) is 0 Å².